The van der Waals surface area contributed by atoms with E-state index >= 15 is 0 Å². The Labute approximate surface area is 99.7 Å². The first-order valence-corrected chi connectivity index (χ1v) is 5.73. The van der Waals surface area contributed by atoms with Gasteiger partial charge >= 0.3 is 0 Å². The van der Waals surface area contributed by atoms with E-state index in [-0.39, 0.29) is 12.0 Å². The summed E-state index contributed by atoms with van der Waals surface area (Å²) in [4.78, 5) is 11.7. The number of rotatable bonds is 2. The highest BCUT2D eigenvalue weighted by atomic mass is 35.5. The van der Waals surface area contributed by atoms with Crippen LogP contribution < -0.4 is 5.32 Å². The molecule has 0 aromatic heterocycles. The third-order valence-electron chi connectivity index (χ3n) is 2.66. The summed E-state index contributed by atoms with van der Waals surface area (Å²) in [6.07, 6.45) is 1.44. The van der Waals surface area contributed by atoms with Gasteiger partial charge in [0, 0.05) is 17.3 Å². The minimum absolute atomic E-state index is 0.0857. The summed E-state index contributed by atoms with van der Waals surface area (Å²) >= 11 is 5.97. The van der Waals surface area contributed by atoms with Crippen molar-refractivity contribution in [3.63, 3.8) is 0 Å². The number of carbonyl (C=O) groups excluding carboxylic acids is 1. The maximum Gasteiger partial charge on any atom is 0.253 e. The largest absolute Gasteiger partial charge is 0.368 e. The number of benzene rings is 1. The Balaban J connectivity index is 2.02. The topological polar surface area (TPSA) is 38.3 Å². The second kappa shape index (κ2) is 4.85. The quantitative estimate of drug-likeness (QED) is 0.862. The number of amides is 1. The minimum Gasteiger partial charge on any atom is -0.368 e. The maximum atomic E-state index is 11.7. The number of nitrogens with one attached hydrogen (secondary N) is 1. The molecule has 1 aliphatic heterocycles. The summed E-state index contributed by atoms with van der Waals surface area (Å²) in [5, 5.41) is 3.46. The number of hydrogen-bond donors (Lipinski definition) is 1. The Morgan fingerprint density at radius 2 is 2.38 bits per heavy atom. The van der Waals surface area contributed by atoms with Crippen LogP contribution in [-0.2, 0) is 9.53 Å². The van der Waals surface area contributed by atoms with Crippen LogP contribution in [0.15, 0.2) is 18.2 Å². The van der Waals surface area contributed by atoms with Crippen molar-refractivity contribution in [2.24, 2.45) is 0 Å². The highest BCUT2D eigenvalue weighted by Crippen LogP contribution is 2.21. The normalized spacial score (nSPS) is 19.8. The smallest absolute Gasteiger partial charge is 0.253 e. The number of anilines is 1. The summed E-state index contributed by atoms with van der Waals surface area (Å²) in [5.41, 5.74) is 1.72. The van der Waals surface area contributed by atoms with Gasteiger partial charge in [-0.3, -0.25) is 4.79 Å². The molecule has 1 atom stereocenters. The first-order chi connectivity index (χ1) is 7.66. The number of ether oxygens (including phenoxy) is 1. The molecule has 1 saturated heterocycles. The van der Waals surface area contributed by atoms with Crippen LogP contribution in [0.3, 0.4) is 0 Å². The monoisotopic (exact) mass is 239 g/mol. The second-order valence-electron chi connectivity index (χ2n) is 3.95. The van der Waals surface area contributed by atoms with Crippen molar-refractivity contribution in [2.75, 3.05) is 11.9 Å². The predicted octanol–water partition coefficient (Wildman–Crippen LogP) is 2.77. The van der Waals surface area contributed by atoms with Gasteiger partial charge in [-0.25, -0.2) is 0 Å². The molecular weight excluding hydrogens is 226 g/mol. The van der Waals surface area contributed by atoms with Crippen molar-refractivity contribution >= 4 is 23.2 Å². The van der Waals surface area contributed by atoms with Crippen molar-refractivity contribution < 1.29 is 9.53 Å². The van der Waals surface area contributed by atoms with E-state index in [0.717, 1.165) is 24.1 Å². The molecule has 3 nitrogen and oxygen atoms in total. The molecule has 0 aliphatic carbocycles. The van der Waals surface area contributed by atoms with Gasteiger partial charge in [-0.2, -0.15) is 0 Å². The lowest BCUT2D eigenvalue weighted by atomic mass is 10.2. The first-order valence-electron chi connectivity index (χ1n) is 5.35. The zero-order valence-corrected chi connectivity index (χ0v) is 9.88. The third-order valence-corrected chi connectivity index (χ3v) is 3.07. The Kier molecular flexibility index (Phi) is 3.46. The van der Waals surface area contributed by atoms with Crippen molar-refractivity contribution in [2.45, 2.75) is 25.9 Å². The predicted molar refractivity (Wildman–Crippen MR) is 63.8 cm³/mol. The Morgan fingerprint density at radius 3 is 3.00 bits per heavy atom. The molecule has 0 saturated carbocycles. The fourth-order valence-corrected chi connectivity index (χ4v) is 1.86. The van der Waals surface area contributed by atoms with Crippen LogP contribution in [0.1, 0.15) is 18.4 Å². The molecule has 1 fully saturated rings. The molecule has 1 amide bonds. The average Bonchev–Trinajstić information content (AvgIpc) is 2.77. The van der Waals surface area contributed by atoms with Gasteiger partial charge < -0.3 is 10.1 Å². The van der Waals surface area contributed by atoms with Gasteiger partial charge in [0.2, 0.25) is 0 Å². The molecule has 1 aliphatic rings. The van der Waals surface area contributed by atoms with E-state index in [0.29, 0.717) is 11.6 Å². The SMILES string of the molecule is Cc1ccc(NC(=O)[C@@H]2CCCO2)cc1Cl. The summed E-state index contributed by atoms with van der Waals surface area (Å²) in [6.45, 7) is 2.60. The van der Waals surface area contributed by atoms with E-state index in [9.17, 15) is 4.79 Å². The lowest BCUT2D eigenvalue weighted by Crippen LogP contribution is -2.26. The first kappa shape index (κ1) is 11.4. The standard InChI is InChI=1S/C12H14ClNO2/c1-8-4-5-9(7-10(8)13)14-12(15)11-3-2-6-16-11/h4-5,7,11H,2-3,6H2,1H3,(H,14,15)/t11-/m0/s1. The van der Waals surface area contributed by atoms with Gasteiger partial charge in [-0.05, 0) is 37.5 Å². The van der Waals surface area contributed by atoms with E-state index in [1.807, 2.05) is 19.1 Å². The van der Waals surface area contributed by atoms with Crippen LogP contribution in [-0.4, -0.2) is 18.6 Å². The van der Waals surface area contributed by atoms with Crippen molar-refractivity contribution in [1.82, 2.24) is 0 Å². The average molecular weight is 240 g/mol. The molecule has 86 valence electrons. The van der Waals surface area contributed by atoms with E-state index < -0.39 is 0 Å². The number of aryl methyl sites for hydroxylation is 1. The maximum absolute atomic E-state index is 11.7. The molecule has 16 heavy (non-hydrogen) atoms. The van der Waals surface area contributed by atoms with E-state index in [2.05, 4.69) is 5.32 Å². The lowest BCUT2D eigenvalue weighted by molar-refractivity contribution is -0.124. The van der Waals surface area contributed by atoms with Crippen molar-refractivity contribution in [1.29, 1.82) is 0 Å². The van der Waals surface area contributed by atoms with E-state index in [1.165, 1.54) is 0 Å². The van der Waals surface area contributed by atoms with Gasteiger partial charge in [-0.1, -0.05) is 17.7 Å². The molecule has 1 aromatic carbocycles. The molecule has 0 bridgehead atoms. The highest BCUT2D eigenvalue weighted by Gasteiger charge is 2.23. The van der Waals surface area contributed by atoms with Crippen LogP contribution in [0.4, 0.5) is 5.69 Å². The zero-order chi connectivity index (χ0) is 11.5. The van der Waals surface area contributed by atoms with Crippen LogP contribution in [0.2, 0.25) is 5.02 Å². The van der Waals surface area contributed by atoms with Gasteiger partial charge in [-0.15, -0.1) is 0 Å². The second-order valence-corrected chi connectivity index (χ2v) is 4.36. The fraction of sp³-hybridized carbons (Fsp3) is 0.417. The molecular formula is C12H14ClNO2. The molecule has 1 heterocycles. The van der Waals surface area contributed by atoms with Crippen LogP contribution in [0.25, 0.3) is 0 Å². The molecule has 0 spiro atoms. The lowest BCUT2D eigenvalue weighted by Gasteiger charge is -2.11. The van der Waals surface area contributed by atoms with Gasteiger partial charge in [0.15, 0.2) is 0 Å². The number of carbonyl (C=O) groups is 1. The minimum atomic E-state index is -0.305. The molecule has 0 unspecified atom stereocenters. The molecule has 1 aromatic rings. The Morgan fingerprint density at radius 1 is 1.56 bits per heavy atom. The number of halogens is 1. The summed E-state index contributed by atoms with van der Waals surface area (Å²) < 4.78 is 5.30. The van der Waals surface area contributed by atoms with Gasteiger partial charge in [0.25, 0.3) is 5.91 Å². The molecule has 0 radical (unpaired) electrons. The van der Waals surface area contributed by atoms with Gasteiger partial charge in [0.1, 0.15) is 6.10 Å². The summed E-state index contributed by atoms with van der Waals surface area (Å²) in [5.74, 6) is -0.0857. The molecule has 2 rings (SSSR count). The van der Waals surface area contributed by atoms with Gasteiger partial charge in [0.05, 0.1) is 0 Å². The third kappa shape index (κ3) is 2.54. The van der Waals surface area contributed by atoms with Crippen LogP contribution >= 0.6 is 11.6 Å². The van der Waals surface area contributed by atoms with E-state index in [1.54, 1.807) is 6.07 Å². The highest BCUT2D eigenvalue weighted by molar-refractivity contribution is 6.31. The van der Waals surface area contributed by atoms with Crippen LogP contribution in [0.5, 0.6) is 0 Å². The van der Waals surface area contributed by atoms with Crippen molar-refractivity contribution in [3.8, 4) is 0 Å². The van der Waals surface area contributed by atoms with Crippen LogP contribution in [0, 0.1) is 6.92 Å². The Bertz CT molecular complexity index is 400. The molecule has 1 N–H and O–H groups in total. The molecule has 4 heteroatoms. The Hall–Kier alpha value is -1.06. The summed E-state index contributed by atoms with van der Waals surface area (Å²) in [7, 11) is 0. The van der Waals surface area contributed by atoms with E-state index in [4.69, 9.17) is 16.3 Å². The zero-order valence-electron chi connectivity index (χ0n) is 9.13. The number of hydrogen-bond acceptors (Lipinski definition) is 2. The van der Waals surface area contributed by atoms with Crippen molar-refractivity contribution in [3.05, 3.63) is 28.8 Å². The fourth-order valence-electron chi connectivity index (χ4n) is 1.68. The summed E-state index contributed by atoms with van der Waals surface area (Å²) in [6, 6.07) is 5.48.